The topological polar surface area (TPSA) is 166 Å². The summed E-state index contributed by atoms with van der Waals surface area (Å²) in [6.45, 7) is 6.05. The van der Waals surface area contributed by atoms with E-state index in [1.807, 2.05) is 24.4 Å². The number of fused-ring (bicyclic) bond motifs is 2. The number of hydrogen-bond acceptors (Lipinski definition) is 11. The van der Waals surface area contributed by atoms with Crippen LogP contribution in [0.1, 0.15) is 75.9 Å². The van der Waals surface area contributed by atoms with Crippen molar-refractivity contribution in [2.45, 2.75) is 70.1 Å². The quantitative estimate of drug-likeness (QED) is 0.273. The number of likely N-dealkylation sites (tertiary alicyclic amines) is 1. The maximum absolute atomic E-state index is 13.4. The summed E-state index contributed by atoms with van der Waals surface area (Å²) in [5, 5.41) is 4.92. The first kappa shape index (κ1) is 42.0. The third-order valence-electron chi connectivity index (χ3n) is 13.5. The number of amides is 6. The van der Waals surface area contributed by atoms with Gasteiger partial charge in [-0.3, -0.25) is 39.1 Å². The number of imide groups is 2. The van der Waals surface area contributed by atoms with Gasteiger partial charge >= 0.3 is 6.03 Å². The van der Waals surface area contributed by atoms with E-state index >= 15 is 0 Å². The Bertz CT molecular complexity index is 2290. The van der Waals surface area contributed by atoms with E-state index in [2.05, 4.69) is 32.4 Å². The number of rotatable bonds is 11. The van der Waals surface area contributed by atoms with E-state index in [0.717, 1.165) is 103 Å². The van der Waals surface area contributed by atoms with Crippen molar-refractivity contribution in [3.8, 4) is 22.6 Å². The average molecular weight is 837 g/mol. The first-order chi connectivity index (χ1) is 29.4. The number of aryl methyl sites for hydroxylation is 1. The number of piperidine rings is 2. The molecule has 324 valence electrons. The number of methoxy groups -OCH3 is 2. The number of nitrogens with zero attached hydrogens (tertiary/aromatic N) is 6. The molecule has 0 saturated carbocycles. The number of carbonyl (C=O) groups excluding carboxylic acids is 5. The monoisotopic (exact) mass is 836 g/mol. The van der Waals surface area contributed by atoms with Gasteiger partial charge in [0.1, 0.15) is 17.5 Å². The number of ether oxygens (including phenoxy) is 2. The van der Waals surface area contributed by atoms with Gasteiger partial charge < -0.3 is 34.1 Å². The Kier molecular flexibility index (Phi) is 11.9. The number of pyridine rings is 1. The van der Waals surface area contributed by atoms with E-state index in [9.17, 15) is 28.8 Å². The zero-order valence-corrected chi connectivity index (χ0v) is 35.8. The number of hydrogen-bond donors (Lipinski definition) is 2. The van der Waals surface area contributed by atoms with Gasteiger partial charge in [0, 0.05) is 75.7 Å². The molecule has 3 aromatic rings. The molecule has 6 heterocycles. The molecule has 3 saturated heterocycles. The van der Waals surface area contributed by atoms with E-state index < -0.39 is 29.7 Å². The highest BCUT2D eigenvalue weighted by Gasteiger charge is 2.45. The SMILES string of the molecule is CNC(=O)N1CCc2c(-c3cc(OC)c(CN4CCC(CCN(C)C5CCN(c6ccc7c(c6)C(=O)N(C6CCC(=O)NC6=O)C7=O)C5)CC4)c(OC)c3)cn(C)c(=O)c2C1. The summed E-state index contributed by atoms with van der Waals surface area (Å²) in [5.41, 5.74) is 5.81. The number of urea groups is 1. The minimum atomic E-state index is -0.978. The second-order valence-electron chi connectivity index (χ2n) is 17.1. The number of benzene rings is 2. The fraction of sp³-hybridized carbons (Fsp3) is 0.511. The second kappa shape index (κ2) is 17.3. The van der Waals surface area contributed by atoms with Gasteiger partial charge in [-0.05, 0) is 113 Å². The molecule has 3 fully saturated rings. The summed E-state index contributed by atoms with van der Waals surface area (Å²) in [6.07, 6.45) is 6.97. The van der Waals surface area contributed by atoms with Gasteiger partial charge in [0.15, 0.2) is 0 Å². The molecule has 2 atom stereocenters. The van der Waals surface area contributed by atoms with Crippen molar-refractivity contribution in [1.29, 1.82) is 0 Å². The molecule has 2 unspecified atom stereocenters. The summed E-state index contributed by atoms with van der Waals surface area (Å²) in [7, 11) is 8.89. The van der Waals surface area contributed by atoms with Crippen LogP contribution in [0.3, 0.4) is 0 Å². The van der Waals surface area contributed by atoms with E-state index in [1.165, 1.54) is 0 Å². The van der Waals surface area contributed by atoms with Crippen LogP contribution < -0.4 is 30.6 Å². The highest BCUT2D eigenvalue weighted by atomic mass is 16.5. The summed E-state index contributed by atoms with van der Waals surface area (Å²) >= 11 is 0. The zero-order valence-electron chi connectivity index (χ0n) is 35.8. The molecule has 0 spiro atoms. The molecule has 8 rings (SSSR count). The minimum Gasteiger partial charge on any atom is -0.496 e. The van der Waals surface area contributed by atoms with Crippen LogP contribution in [0.15, 0.2) is 41.3 Å². The number of anilines is 1. The van der Waals surface area contributed by atoms with Crippen LogP contribution in [0.2, 0.25) is 0 Å². The Morgan fingerprint density at radius 2 is 1.59 bits per heavy atom. The van der Waals surface area contributed by atoms with Crippen LogP contribution in [-0.4, -0.2) is 133 Å². The molecule has 0 aliphatic carbocycles. The molecule has 6 amide bonds. The standard InChI is InChI=1S/C45H56N8O8/c1-46-45(59)52-19-14-31-34(24-49(3)42(56)35(31)26-52)28-20-38(60-4)36(39(21-28)61-5)25-50-16-11-27(12-17-50)10-15-48(2)30-13-18-51(23-30)29-6-7-32-33(22-29)44(58)53(43(32)57)37-8-9-40(54)47-41(37)55/h6-7,20-22,24,27,30,37H,8-19,23,25-26H2,1-5H3,(H,46,59)(H,47,54,55). The summed E-state index contributed by atoms with van der Waals surface area (Å²) < 4.78 is 13.6. The Balaban J connectivity index is 0.849. The van der Waals surface area contributed by atoms with Gasteiger partial charge in [-0.25, -0.2) is 4.79 Å². The number of nitrogens with one attached hydrogen (secondary N) is 2. The lowest BCUT2D eigenvalue weighted by atomic mass is 9.91. The molecule has 16 nitrogen and oxygen atoms in total. The summed E-state index contributed by atoms with van der Waals surface area (Å²) in [4.78, 5) is 86.2. The van der Waals surface area contributed by atoms with Crippen LogP contribution >= 0.6 is 0 Å². The van der Waals surface area contributed by atoms with Crippen molar-refractivity contribution in [3.63, 3.8) is 0 Å². The molecule has 2 N–H and O–H groups in total. The van der Waals surface area contributed by atoms with Gasteiger partial charge in [-0.2, -0.15) is 0 Å². The van der Waals surface area contributed by atoms with Crippen molar-refractivity contribution in [2.75, 3.05) is 72.5 Å². The maximum atomic E-state index is 13.4. The third kappa shape index (κ3) is 8.10. The van der Waals surface area contributed by atoms with Gasteiger partial charge in [-0.15, -0.1) is 0 Å². The number of likely N-dealkylation sites (N-methyl/N-ethyl adjacent to an activating group) is 1. The van der Waals surface area contributed by atoms with Crippen molar-refractivity contribution < 1.29 is 33.4 Å². The molecule has 0 radical (unpaired) electrons. The molecule has 61 heavy (non-hydrogen) atoms. The van der Waals surface area contributed by atoms with Crippen LogP contribution in [0, 0.1) is 5.92 Å². The molecule has 5 aliphatic heterocycles. The lowest BCUT2D eigenvalue weighted by molar-refractivity contribution is -0.136. The van der Waals surface area contributed by atoms with Crippen molar-refractivity contribution >= 4 is 35.3 Å². The Morgan fingerprint density at radius 3 is 2.28 bits per heavy atom. The van der Waals surface area contributed by atoms with Crippen molar-refractivity contribution in [1.82, 2.24) is 34.8 Å². The van der Waals surface area contributed by atoms with Gasteiger partial charge in [0.25, 0.3) is 17.4 Å². The highest BCUT2D eigenvalue weighted by molar-refractivity contribution is 6.23. The van der Waals surface area contributed by atoms with E-state index in [0.29, 0.717) is 48.2 Å². The normalized spacial score (nSPS) is 20.9. The summed E-state index contributed by atoms with van der Waals surface area (Å²) in [6, 6.07) is 8.62. The predicted octanol–water partition coefficient (Wildman–Crippen LogP) is 2.98. The van der Waals surface area contributed by atoms with E-state index in [4.69, 9.17) is 9.47 Å². The minimum absolute atomic E-state index is 0.0894. The largest absolute Gasteiger partial charge is 0.496 e. The third-order valence-corrected chi connectivity index (χ3v) is 13.5. The average Bonchev–Trinajstić information content (AvgIpc) is 3.86. The van der Waals surface area contributed by atoms with Crippen molar-refractivity contribution in [2.24, 2.45) is 13.0 Å². The van der Waals surface area contributed by atoms with Crippen LogP contribution in [0.25, 0.3) is 11.1 Å². The molecule has 1 aromatic heterocycles. The molecule has 5 aliphatic rings. The van der Waals surface area contributed by atoms with Crippen LogP contribution in [0.5, 0.6) is 11.5 Å². The molecule has 2 aromatic carbocycles. The lowest BCUT2D eigenvalue weighted by Crippen LogP contribution is -2.54. The zero-order chi connectivity index (χ0) is 43.1. The maximum Gasteiger partial charge on any atom is 0.317 e. The second-order valence-corrected chi connectivity index (χ2v) is 17.1. The molecular weight excluding hydrogens is 781 g/mol. The molecular formula is C45H56N8O8. The Morgan fingerprint density at radius 1 is 0.869 bits per heavy atom. The van der Waals surface area contributed by atoms with E-state index in [-0.39, 0.29) is 31.0 Å². The first-order valence-corrected chi connectivity index (χ1v) is 21.4. The lowest BCUT2D eigenvalue weighted by Gasteiger charge is -2.34. The number of aromatic nitrogens is 1. The van der Waals surface area contributed by atoms with Gasteiger partial charge in [0.05, 0.1) is 37.5 Å². The highest BCUT2D eigenvalue weighted by Crippen LogP contribution is 2.39. The molecule has 16 heteroatoms. The predicted molar refractivity (Wildman–Crippen MR) is 228 cm³/mol. The van der Waals surface area contributed by atoms with Crippen molar-refractivity contribution in [3.05, 3.63) is 74.7 Å². The molecule has 0 bridgehead atoms. The fourth-order valence-electron chi connectivity index (χ4n) is 9.89. The van der Waals surface area contributed by atoms with Gasteiger partial charge in [-0.1, -0.05) is 0 Å². The number of carbonyl (C=O) groups is 5. The van der Waals surface area contributed by atoms with E-state index in [1.54, 1.807) is 49.9 Å². The Labute approximate surface area is 355 Å². The Hall–Kier alpha value is -5.74. The van der Waals surface area contributed by atoms with Gasteiger partial charge in [0.2, 0.25) is 11.8 Å². The fourth-order valence-corrected chi connectivity index (χ4v) is 9.89. The summed E-state index contributed by atoms with van der Waals surface area (Å²) in [5.74, 6) is 0.119. The van der Waals surface area contributed by atoms with Crippen LogP contribution in [0.4, 0.5) is 10.5 Å². The van der Waals surface area contributed by atoms with Crippen LogP contribution in [-0.2, 0) is 36.1 Å². The smallest absolute Gasteiger partial charge is 0.317 e. The first-order valence-electron chi connectivity index (χ1n) is 21.4.